The molecular formula is C29H34FN3O4. The second-order valence-corrected chi connectivity index (χ2v) is 9.72. The molecule has 1 amide bonds. The predicted molar refractivity (Wildman–Crippen MR) is 140 cm³/mol. The SMILES string of the molecule is COc1ccccc1-c1cnc2c(c1)C(=O)N([C@H](C)CO)C[C@@H](C)[C@@H](CN(C)Cc1ccc(F)cc1)O2. The molecule has 3 atom stereocenters. The van der Waals surface area contributed by atoms with Gasteiger partial charge < -0.3 is 19.5 Å². The third-order valence-electron chi connectivity index (χ3n) is 6.80. The van der Waals surface area contributed by atoms with Crippen molar-refractivity contribution in [3.05, 3.63) is 77.7 Å². The Morgan fingerprint density at radius 1 is 1.22 bits per heavy atom. The Morgan fingerprint density at radius 2 is 1.95 bits per heavy atom. The van der Waals surface area contributed by atoms with E-state index in [0.717, 1.165) is 16.7 Å². The fourth-order valence-electron chi connectivity index (χ4n) is 4.62. The second kappa shape index (κ2) is 11.7. The van der Waals surface area contributed by atoms with Crippen LogP contribution in [0.4, 0.5) is 4.39 Å². The monoisotopic (exact) mass is 507 g/mol. The number of halogens is 1. The number of likely N-dealkylation sites (N-methyl/N-ethyl adjacent to an activating group) is 1. The topological polar surface area (TPSA) is 75.1 Å². The molecule has 0 saturated heterocycles. The van der Waals surface area contributed by atoms with Crippen LogP contribution >= 0.6 is 0 Å². The minimum atomic E-state index is -0.367. The minimum absolute atomic E-state index is 0.0301. The molecule has 2 heterocycles. The van der Waals surface area contributed by atoms with E-state index in [2.05, 4.69) is 9.88 Å². The van der Waals surface area contributed by atoms with Gasteiger partial charge in [0.25, 0.3) is 5.91 Å². The van der Waals surface area contributed by atoms with Crippen molar-refractivity contribution >= 4 is 5.91 Å². The van der Waals surface area contributed by atoms with Gasteiger partial charge in [0, 0.05) is 42.9 Å². The van der Waals surface area contributed by atoms with Gasteiger partial charge in [0.2, 0.25) is 5.88 Å². The molecule has 3 aromatic rings. The summed E-state index contributed by atoms with van der Waals surface area (Å²) in [5.41, 5.74) is 2.90. The van der Waals surface area contributed by atoms with Crippen molar-refractivity contribution in [1.29, 1.82) is 0 Å². The van der Waals surface area contributed by atoms with Crippen LogP contribution in [0.1, 0.15) is 29.8 Å². The van der Waals surface area contributed by atoms with E-state index in [4.69, 9.17) is 9.47 Å². The summed E-state index contributed by atoms with van der Waals surface area (Å²) in [5.74, 6) is 0.424. The summed E-state index contributed by atoms with van der Waals surface area (Å²) in [7, 11) is 3.59. The number of ether oxygens (including phenoxy) is 2. The zero-order chi connectivity index (χ0) is 26.5. The first-order chi connectivity index (χ1) is 17.8. The highest BCUT2D eigenvalue weighted by atomic mass is 19.1. The van der Waals surface area contributed by atoms with Gasteiger partial charge in [-0.1, -0.05) is 37.3 Å². The van der Waals surface area contributed by atoms with Gasteiger partial charge >= 0.3 is 0 Å². The van der Waals surface area contributed by atoms with Gasteiger partial charge in [0.05, 0.1) is 19.8 Å². The first-order valence-electron chi connectivity index (χ1n) is 12.5. The Bertz CT molecular complexity index is 1220. The molecule has 0 aliphatic carbocycles. The lowest BCUT2D eigenvalue weighted by Gasteiger charge is -2.37. The lowest BCUT2D eigenvalue weighted by Crippen LogP contribution is -2.49. The van der Waals surface area contributed by atoms with Crippen molar-refractivity contribution in [1.82, 2.24) is 14.8 Å². The fraction of sp³-hybridized carbons (Fsp3) is 0.379. The molecule has 2 aromatic carbocycles. The summed E-state index contributed by atoms with van der Waals surface area (Å²) in [5, 5.41) is 9.90. The van der Waals surface area contributed by atoms with E-state index in [9.17, 15) is 14.3 Å². The maximum absolute atomic E-state index is 13.7. The molecule has 1 N–H and O–H groups in total. The van der Waals surface area contributed by atoms with Crippen molar-refractivity contribution in [2.24, 2.45) is 5.92 Å². The maximum atomic E-state index is 13.7. The number of benzene rings is 2. The van der Waals surface area contributed by atoms with Crippen LogP contribution in [0.5, 0.6) is 11.6 Å². The van der Waals surface area contributed by atoms with E-state index < -0.39 is 0 Å². The molecule has 1 aliphatic heterocycles. The van der Waals surface area contributed by atoms with Crippen LogP contribution in [-0.4, -0.2) is 71.8 Å². The lowest BCUT2D eigenvalue weighted by molar-refractivity contribution is 0.0325. The number of hydrogen-bond acceptors (Lipinski definition) is 6. The van der Waals surface area contributed by atoms with Crippen LogP contribution in [0.25, 0.3) is 11.1 Å². The molecule has 0 saturated carbocycles. The van der Waals surface area contributed by atoms with Crippen LogP contribution in [0.2, 0.25) is 0 Å². The number of fused-ring (bicyclic) bond motifs is 1. The van der Waals surface area contributed by atoms with Gasteiger partial charge in [-0.15, -0.1) is 0 Å². The largest absolute Gasteiger partial charge is 0.496 e. The molecule has 0 radical (unpaired) electrons. The Hall–Kier alpha value is -3.49. The Balaban J connectivity index is 1.67. The van der Waals surface area contributed by atoms with Gasteiger partial charge in [0.1, 0.15) is 23.2 Å². The minimum Gasteiger partial charge on any atom is -0.496 e. The van der Waals surface area contributed by atoms with Gasteiger partial charge in [-0.3, -0.25) is 9.69 Å². The van der Waals surface area contributed by atoms with Gasteiger partial charge in [-0.05, 0) is 43.8 Å². The molecule has 1 aliphatic rings. The molecule has 0 unspecified atom stereocenters. The zero-order valence-electron chi connectivity index (χ0n) is 21.7. The Labute approximate surface area is 217 Å². The number of methoxy groups -OCH3 is 1. The molecule has 0 spiro atoms. The molecule has 0 fully saturated rings. The van der Waals surface area contributed by atoms with Crippen LogP contribution < -0.4 is 9.47 Å². The zero-order valence-corrected chi connectivity index (χ0v) is 21.7. The number of para-hydroxylation sites is 1. The summed E-state index contributed by atoms with van der Waals surface area (Å²) in [6, 6.07) is 15.4. The van der Waals surface area contributed by atoms with Crippen LogP contribution in [-0.2, 0) is 6.54 Å². The summed E-state index contributed by atoms with van der Waals surface area (Å²) < 4.78 is 25.2. The molecule has 1 aromatic heterocycles. The number of hydrogen-bond donors (Lipinski definition) is 1. The van der Waals surface area contributed by atoms with E-state index >= 15 is 0 Å². The van der Waals surface area contributed by atoms with Crippen molar-refractivity contribution in [2.75, 3.05) is 33.9 Å². The summed E-state index contributed by atoms with van der Waals surface area (Å²) in [4.78, 5) is 22.1. The number of pyridine rings is 1. The van der Waals surface area contributed by atoms with Crippen molar-refractivity contribution < 1.29 is 23.8 Å². The number of aromatic nitrogens is 1. The standard InChI is InChI=1S/C29H34FN3O4/c1-19-15-33(20(2)18-34)29(35)25-13-22(24-7-5-6-8-26(24)36-4)14-31-28(25)37-27(19)17-32(3)16-21-9-11-23(30)12-10-21/h5-14,19-20,27,34H,15-18H2,1-4H3/t19-,20-,27-/m1/s1. The normalized spacial score (nSPS) is 18.6. The van der Waals surface area contributed by atoms with Crippen molar-refractivity contribution in [3.8, 4) is 22.8 Å². The van der Waals surface area contributed by atoms with Gasteiger partial charge in [-0.2, -0.15) is 0 Å². The number of aliphatic hydroxyl groups excluding tert-OH is 1. The molecular weight excluding hydrogens is 473 g/mol. The van der Waals surface area contributed by atoms with Crippen LogP contribution in [0.3, 0.4) is 0 Å². The van der Waals surface area contributed by atoms with Crippen LogP contribution in [0, 0.1) is 11.7 Å². The number of amides is 1. The van der Waals surface area contributed by atoms with Crippen molar-refractivity contribution in [2.45, 2.75) is 32.5 Å². The fourth-order valence-corrected chi connectivity index (χ4v) is 4.62. The molecule has 8 heteroatoms. The van der Waals surface area contributed by atoms with Gasteiger partial charge in [-0.25, -0.2) is 9.37 Å². The number of nitrogens with zero attached hydrogens (tertiary/aromatic N) is 3. The van der Waals surface area contributed by atoms with E-state index in [1.165, 1.54) is 12.1 Å². The highest BCUT2D eigenvalue weighted by Crippen LogP contribution is 2.34. The summed E-state index contributed by atoms with van der Waals surface area (Å²) in [6.07, 6.45) is 1.42. The average Bonchev–Trinajstić information content (AvgIpc) is 2.91. The van der Waals surface area contributed by atoms with E-state index in [-0.39, 0.29) is 42.3 Å². The number of aliphatic hydroxyl groups is 1. The van der Waals surface area contributed by atoms with E-state index in [0.29, 0.717) is 30.9 Å². The van der Waals surface area contributed by atoms with E-state index in [1.54, 1.807) is 36.4 Å². The molecule has 7 nitrogen and oxygen atoms in total. The first kappa shape index (κ1) is 26.6. The first-order valence-corrected chi connectivity index (χ1v) is 12.5. The van der Waals surface area contributed by atoms with E-state index in [1.807, 2.05) is 45.2 Å². The second-order valence-electron chi connectivity index (χ2n) is 9.72. The third kappa shape index (κ3) is 6.09. The Morgan fingerprint density at radius 3 is 2.65 bits per heavy atom. The molecule has 0 bridgehead atoms. The highest BCUT2D eigenvalue weighted by molar-refractivity contribution is 5.98. The third-order valence-corrected chi connectivity index (χ3v) is 6.80. The highest BCUT2D eigenvalue weighted by Gasteiger charge is 2.34. The lowest BCUT2D eigenvalue weighted by atomic mass is 9.99. The summed E-state index contributed by atoms with van der Waals surface area (Å²) >= 11 is 0. The Kier molecular flexibility index (Phi) is 8.41. The van der Waals surface area contributed by atoms with Gasteiger partial charge in [0.15, 0.2) is 0 Å². The van der Waals surface area contributed by atoms with Crippen molar-refractivity contribution in [3.63, 3.8) is 0 Å². The molecule has 196 valence electrons. The predicted octanol–water partition coefficient (Wildman–Crippen LogP) is 4.25. The molecule has 4 rings (SSSR count). The smallest absolute Gasteiger partial charge is 0.259 e. The number of carbonyl (C=O) groups excluding carboxylic acids is 1. The summed E-state index contributed by atoms with van der Waals surface area (Å²) in [6.45, 7) is 5.34. The quantitative estimate of drug-likeness (QED) is 0.492. The average molecular weight is 508 g/mol. The number of rotatable bonds is 8. The molecule has 37 heavy (non-hydrogen) atoms. The van der Waals surface area contributed by atoms with Crippen LogP contribution in [0.15, 0.2) is 60.8 Å². The number of carbonyl (C=O) groups is 1. The maximum Gasteiger partial charge on any atom is 0.259 e.